The Balaban J connectivity index is 1.73. The summed E-state index contributed by atoms with van der Waals surface area (Å²) in [5, 5.41) is 6.09. The molecule has 0 spiro atoms. The van der Waals surface area contributed by atoms with E-state index in [1.807, 2.05) is 0 Å². The van der Waals surface area contributed by atoms with Crippen LogP contribution in [0.2, 0.25) is 0 Å². The highest BCUT2D eigenvalue weighted by molar-refractivity contribution is 5.92. The molecule has 8 heteroatoms. The minimum absolute atomic E-state index is 0.000602. The molecule has 4 nitrogen and oxygen atoms in total. The second-order valence-electron chi connectivity index (χ2n) is 6.10. The molecule has 0 saturated heterocycles. The predicted molar refractivity (Wildman–Crippen MR) is 81.2 cm³/mol. The third-order valence-electron chi connectivity index (χ3n) is 4.36. The maximum absolute atomic E-state index is 13.2. The van der Waals surface area contributed by atoms with Crippen LogP contribution in [-0.2, 0) is 0 Å². The number of hydrogen-bond donors (Lipinski definition) is 1. The SMILES string of the molecule is O=C(NC1CCCCC1C(F)(F)F)c1cc(-c2cccc(F)c2)no1. The molecule has 3 rings (SSSR count). The van der Waals surface area contributed by atoms with E-state index < -0.39 is 29.9 Å². The fourth-order valence-electron chi connectivity index (χ4n) is 3.10. The van der Waals surface area contributed by atoms with Gasteiger partial charge in [-0.1, -0.05) is 30.1 Å². The summed E-state index contributed by atoms with van der Waals surface area (Å²) >= 11 is 0. The van der Waals surface area contributed by atoms with Crippen LogP contribution in [0, 0.1) is 11.7 Å². The van der Waals surface area contributed by atoms with Crippen molar-refractivity contribution in [2.45, 2.75) is 37.9 Å². The number of carbonyl (C=O) groups is 1. The van der Waals surface area contributed by atoms with E-state index in [1.165, 1.54) is 24.3 Å². The van der Waals surface area contributed by atoms with Crippen LogP contribution in [0.5, 0.6) is 0 Å². The van der Waals surface area contributed by atoms with Crippen molar-refractivity contribution in [3.8, 4) is 11.3 Å². The fourth-order valence-corrected chi connectivity index (χ4v) is 3.10. The summed E-state index contributed by atoms with van der Waals surface area (Å²) in [5.41, 5.74) is 0.647. The largest absolute Gasteiger partial charge is 0.393 e. The number of halogens is 4. The van der Waals surface area contributed by atoms with Gasteiger partial charge in [0.25, 0.3) is 5.91 Å². The van der Waals surface area contributed by atoms with Gasteiger partial charge in [-0.3, -0.25) is 4.79 Å². The molecular weight excluding hydrogens is 340 g/mol. The Hall–Kier alpha value is -2.38. The number of carbonyl (C=O) groups excluding carboxylic acids is 1. The van der Waals surface area contributed by atoms with Crippen molar-refractivity contribution in [3.63, 3.8) is 0 Å². The summed E-state index contributed by atoms with van der Waals surface area (Å²) < 4.78 is 57.4. The van der Waals surface area contributed by atoms with Crippen LogP contribution < -0.4 is 5.32 Å². The van der Waals surface area contributed by atoms with Gasteiger partial charge in [0.2, 0.25) is 5.76 Å². The third-order valence-corrected chi connectivity index (χ3v) is 4.36. The zero-order valence-electron chi connectivity index (χ0n) is 13.1. The minimum Gasteiger partial charge on any atom is -0.350 e. The van der Waals surface area contributed by atoms with E-state index in [0.29, 0.717) is 18.4 Å². The summed E-state index contributed by atoms with van der Waals surface area (Å²) in [6, 6.07) is 5.86. The van der Waals surface area contributed by atoms with Gasteiger partial charge < -0.3 is 9.84 Å². The van der Waals surface area contributed by atoms with E-state index >= 15 is 0 Å². The van der Waals surface area contributed by atoms with Gasteiger partial charge in [0.1, 0.15) is 11.5 Å². The maximum Gasteiger partial charge on any atom is 0.393 e. The Morgan fingerprint density at radius 1 is 1.20 bits per heavy atom. The van der Waals surface area contributed by atoms with Crippen molar-refractivity contribution < 1.29 is 26.9 Å². The molecule has 1 amide bonds. The topological polar surface area (TPSA) is 55.1 Å². The number of aromatic nitrogens is 1. The third kappa shape index (κ3) is 4.00. The average molecular weight is 356 g/mol. The summed E-state index contributed by atoms with van der Waals surface area (Å²) in [6.45, 7) is 0. The first-order valence-corrected chi connectivity index (χ1v) is 7.95. The molecule has 1 N–H and O–H groups in total. The van der Waals surface area contributed by atoms with E-state index in [2.05, 4.69) is 10.5 Å². The smallest absolute Gasteiger partial charge is 0.350 e. The molecule has 1 saturated carbocycles. The van der Waals surface area contributed by atoms with Gasteiger partial charge in [0.15, 0.2) is 0 Å². The first-order valence-electron chi connectivity index (χ1n) is 7.95. The van der Waals surface area contributed by atoms with Gasteiger partial charge in [-0.05, 0) is 25.0 Å². The molecule has 0 radical (unpaired) electrons. The van der Waals surface area contributed by atoms with Crippen LogP contribution in [0.4, 0.5) is 17.6 Å². The summed E-state index contributed by atoms with van der Waals surface area (Å²) in [6.07, 6.45) is -2.97. The Labute approximate surface area is 141 Å². The molecular formula is C17H16F4N2O2. The molecule has 2 atom stereocenters. The Kier molecular flexibility index (Phi) is 4.78. The monoisotopic (exact) mass is 356 g/mol. The van der Waals surface area contributed by atoms with Gasteiger partial charge in [0.05, 0.1) is 5.92 Å². The number of alkyl halides is 3. The van der Waals surface area contributed by atoms with Crippen LogP contribution in [0.1, 0.15) is 36.2 Å². The Morgan fingerprint density at radius 2 is 1.96 bits per heavy atom. The van der Waals surface area contributed by atoms with Gasteiger partial charge >= 0.3 is 6.18 Å². The number of benzene rings is 1. The lowest BCUT2D eigenvalue weighted by atomic mass is 9.84. The lowest BCUT2D eigenvalue weighted by molar-refractivity contribution is -0.187. The first kappa shape index (κ1) is 17.4. The fraction of sp³-hybridized carbons (Fsp3) is 0.412. The lowest BCUT2D eigenvalue weighted by Crippen LogP contribution is -2.47. The summed E-state index contributed by atoms with van der Waals surface area (Å²) in [7, 11) is 0. The maximum atomic E-state index is 13.2. The number of hydrogen-bond acceptors (Lipinski definition) is 3. The van der Waals surface area contributed by atoms with Gasteiger partial charge in [0, 0.05) is 17.7 Å². The van der Waals surface area contributed by atoms with E-state index in [0.717, 1.165) is 0 Å². The summed E-state index contributed by atoms with van der Waals surface area (Å²) in [5.74, 6) is -2.99. The number of nitrogens with one attached hydrogen (secondary N) is 1. The highest BCUT2D eigenvalue weighted by Crippen LogP contribution is 2.37. The van der Waals surface area contributed by atoms with Gasteiger partial charge in [-0.15, -0.1) is 0 Å². The highest BCUT2D eigenvalue weighted by atomic mass is 19.4. The molecule has 1 heterocycles. The zero-order chi connectivity index (χ0) is 18.0. The quantitative estimate of drug-likeness (QED) is 0.833. The van der Waals surface area contributed by atoms with Crippen molar-refractivity contribution in [2.24, 2.45) is 5.92 Å². The van der Waals surface area contributed by atoms with Crippen LogP contribution in [0.15, 0.2) is 34.9 Å². The molecule has 1 aliphatic carbocycles. The van der Waals surface area contributed by atoms with Gasteiger partial charge in [-0.2, -0.15) is 13.2 Å². The first-order chi connectivity index (χ1) is 11.8. The van der Waals surface area contributed by atoms with Crippen LogP contribution in [-0.4, -0.2) is 23.3 Å². The van der Waals surface area contributed by atoms with Crippen LogP contribution in [0.3, 0.4) is 0 Å². The standard InChI is InChI=1S/C17H16F4N2O2/c18-11-5-3-4-10(8-11)14-9-15(25-23-14)16(24)22-13-7-2-1-6-12(13)17(19,20)21/h3-5,8-9,12-13H,1-2,6-7H2,(H,22,24). The molecule has 134 valence electrons. The Bertz CT molecular complexity index is 757. The second-order valence-corrected chi connectivity index (χ2v) is 6.10. The molecule has 0 bridgehead atoms. The van der Waals surface area contributed by atoms with Crippen molar-refractivity contribution in [1.82, 2.24) is 10.5 Å². The molecule has 2 unspecified atom stereocenters. The molecule has 25 heavy (non-hydrogen) atoms. The van der Waals surface area contributed by atoms with Gasteiger partial charge in [-0.25, -0.2) is 4.39 Å². The molecule has 2 aromatic rings. The molecule has 1 aliphatic rings. The lowest BCUT2D eigenvalue weighted by Gasteiger charge is -2.33. The van der Waals surface area contributed by atoms with Crippen molar-refractivity contribution >= 4 is 5.91 Å². The molecule has 0 aliphatic heterocycles. The van der Waals surface area contributed by atoms with E-state index in [1.54, 1.807) is 6.07 Å². The predicted octanol–water partition coefficient (Wildman–Crippen LogP) is 4.33. The summed E-state index contributed by atoms with van der Waals surface area (Å²) in [4.78, 5) is 12.2. The molecule has 1 fully saturated rings. The normalized spacial score (nSPS) is 21.1. The van der Waals surface area contributed by atoms with Crippen LogP contribution >= 0.6 is 0 Å². The van der Waals surface area contributed by atoms with Crippen molar-refractivity contribution in [3.05, 3.63) is 41.9 Å². The van der Waals surface area contributed by atoms with E-state index in [9.17, 15) is 22.4 Å². The highest BCUT2D eigenvalue weighted by Gasteiger charge is 2.46. The number of amides is 1. The van der Waals surface area contributed by atoms with Crippen LogP contribution in [0.25, 0.3) is 11.3 Å². The van der Waals surface area contributed by atoms with Crippen molar-refractivity contribution in [1.29, 1.82) is 0 Å². The average Bonchev–Trinajstić information content (AvgIpc) is 3.04. The Morgan fingerprint density at radius 3 is 2.68 bits per heavy atom. The van der Waals surface area contributed by atoms with E-state index in [-0.39, 0.29) is 24.3 Å². The van der Waals surface area contributed by atoms with E-state index in [4.69, 9.17) is 4.52 Å². The molecule has 1 aromatic heterocycles. The number of nitrogens with zero attached hydrogens (tertiary/aromatic N) is 1. The minimum atomic E-state index is -4.35. The second kappa shape index (κ2) is 6.85. The molecule has 1 aromatic carbocycles. The zero-order valence-corrected chi connectivity index (χ0v) is 13.1. The van der Waals surface area contributed by atoms with Crippen molar-refractivity contribution in [2.75, 3.05) is 0 Å². The number of rotatable bonds is 3.